The summed E-state index contributed by atoms with van der Waals surface area (Å²) in [7, 11) is 0. The van der Waals surface area contributed by atoms with Gasteiger partial charge in [-0.15, -0.1) is 0 Å². The second kappa shape index (κ2) is 6.10. The SMILES string of the molecule is Cc1ccc(C(=O)N/N=C2\CC(=O)CC(C)(C)C2)cc1Br. The second-order valence-corrected chi connectivity index (χ2v) is 7.17. The van der Waals surface area contributed by atoms with Crippen molar-refractivity contribution >= 4 is 33.3 Å². The first kappa shape index (κ1) is 15.9. The molecule has 0 aliphatic heterocycles. The minimum Gasteiger partial charge on any atom is -0.299 e. The Bertz CT molecular complexity index is 621. The van der Waals surface area contributed by atoms with Crippen molar-refractivity contribution in [3.8, 4) is 0 Å². The van der Waals surface area contributed by atoms with Gasteiger partial charge in [0, 0.05) is 28.6 Å². The summed E-state index contributed by atoms with van der Waals surface area (Å²) in [5.41, 5.74) is 4.83. The number of carbonyl (C=O) groups is 2. The number of amides is 1. The van der Waals surface area contributed by atoms with Crippen LogP contribution in [-0.2, 0) is 4.79 Å². The van der Waals surface area contributed by atoms with Crippen LogP contribution >= 0.6 is 15.9 Å². The highest BCUT2D eigenvalue weighted by Gasteiger charge is 2.30. The number of hydrogen-bond acceptors (Lipinski definition) is 3. The molecule has 5 heteroatoms. The van der Waals surface area contributed by atoms with Crippen molar-refractivity contribution in [1.29, 1.82) is 0 Å². The summed E-state index contributed by atoms with van der Waals surface area (Å²) in [5.74, 6) is -0.0867. The molecular weight excluding hydrogens is 332 g/mol. The molecule has 1 aliphatic carbocycles. The molecule has 0 radical (unpaired) electrons. The summed E-state index contributed by atoms with van der Waals surface area (Å²) in [6.07, 6.45) is 1.64. The topological polar surface area (TPSA) is 58.5 Å². The Hall–Kier alpha value is -1.49. The van der Waals surface area contributed by atoms with Crippen LogP contribution < -0.4 is 5.43 Å². The molecule has 112 valence electrons. The fourth-order valence-corrected chi connectivity index (χ4v) is 2.89. The van der Waals surface area contributed by atoms with E-state index in [2.05, 4.69) is 26.5 Å². The van der Waals surface area contributed by atoms with Gasteiger partial charge in [0.25, 0.3) is 5.91 Å². The van der Waals surface area contributed by atoms with Gasteiger partial charge in [-0.3, -0.25) is 9.59 Å². The average Bonchev–Trinajstić information content (AvgIpc) is 2.37. The third-order valence-corrected chi connectivity index (χ3v) is 4.36. The van der Waals surface area contributed by atoms with Crippen molar-refractivity contribution in [3.05, 3.63) is 33.8 Å². The molecule has 21 heavy (non-hydrogen) atoms. The molecule has 1 fully saturated rings. The molecule has 0 atom stereocenters. The average molecular weight is 351 g/mol. The number of ketones is 1. The maximum Gasteiger partial charge on any atom is 0.271 e. The van der Waals surface area contributed by atoms with E-state index in [1.165, 1.54) is 0 Å². The Morgan fingerprint density at radius 1 is 1.33 bits per heavy atom. The summed E-state index contributed by atoms with van der Waals surface area (Å²) in [4.78, 5) is 23.8. The highest BCUT2D eigenvalue weighted by atomic mass is 79.9. The molecule has 1 aromatic carbocycles. The zero-order valence-electron chi connectivity index (χ0n) is 12.5. The molecule has 0 saturated heterocycles. The molecule has 1 aliphatic rings. The number of halogens is 1. The molecule has 0 spiro atoms. The van der Waals surface area contributed by atoms with E-state index in [1.54, 1.807) is 12.1 Å². The Morgan fingerprint density at radius 3 is 2.67 bits per heavy atom. The monoisotopic (exact) mass is 350 g/mol. The summed E-state index contributed by atoms with van der Waals surface area (Å²) in [6, 6.07) is 5.39. The van der Waals surface area contributed by atoms with Crippen LogP contribution in [0.4, 0.5) is 0 Å². The van der Waals surface area contributed by atoms with Gasteiger partial charge >= 0.3 is 0 Å². The van der Waals surface area contributed by atoms with Crippen molar-refractivity contribution in [2.75, 3.05) is 0 Å². The van der Waals surface area contributed by atoms with Gasteiger partial charge in [0.15, 0.2) is 0 Å². The van der Waals surface area contributed by atoms with Crippen molar-refractivity contribution < 1.29 is 9.59 Å². The van der Waals surface area contributed by atoms with E-state index in [0.717, 1.165) is 22.2 Å². The molecule has 0 aromatic heterocycles. The first-order chi connectivity index (χ1) is 9.77. The third-order valence-electron chi connectivity index (χ3n) is 3.51. The predicted molar refractivity (Wildman–Crippen MR) is 86.4 cm³/mol. The second-order valence-electron chi connectivity index (χ2n) is 6.32. The molecule has 4 nitrogen and oxygen atoms in total. The Labute approximate surface area is 133 Å². The summed E-state index contributed by atoms with van der Waals surface area (Å²) < 4.78 is 0.886. The van der Waals surface area contributed by atoms with Crippen molar-refractivity contribution in [2.45, 2.75) is 40.0 Å². The lowest BCUT2D eigenvalue weighted by atomic mass is 9.76. The van der Waals surface area contributed by atoms with Crippen molar-refractivity contribution in [3.63, 3.8) is 0 Å². The maximum atomic E-state index is 12.1. The fraction of sp³-hybridized carbons (Fsp3) is 0.438. The lowest BCUT2D eigenvalue weighted by Gasteiger charge is -2.29. The van der Waals surface area contributed by atoms with Gasteiger partial charge in [-0.25, -0.2) is 5.43 Å². The molecule has 0 heterocycles. The zero-order valence-corrected chi connectivity index (χ0v) is 14.1. The van der Waals surface area contributed by atoms with Crippen LogP contribution in [0.15, 0.2) is 27.8 Å². The van der Waals surface area contributed by atoms with E-state index >= 15 is 0 Å². The molecule has 1 saturated carbocycles. The van der Waals surface area contributed by atoms with Gasteiger partial charge < -0.3 is 0 Å². The largest absolute Gasteiger partial charge is 0.299 e. The number of hydrazone groups is 1. The Kier molecular flexibility index (Phi) is 4.61. The van der Waals surface area contributed by atoms with E-state index < -0.39 is 0 Å². The molecule has 1 N–H and O–H groups in total. The number of Topliss-reactive ketones (excluding diaryl/α,β-unsaturated/α-hetero) is 1. The molecule has 1 aromatic rings. The number of aryl methyl sites for hydroxylation is 1. The van der Waals surface area contributed by atoms with E-state index in [4.69, 9.17) is 0 Å². The van der Waals surface area contributed by atoms with Crippen LogP contribution in [0.2, 0.25) is 0 Å². The van der Waals surface area contributed by atoms with E-state index in [1.807, 2.05) is 26.8 Å². The maximum absolute atomic E-state index is 12.1. The van der Waals surface area contributed by atoms with Crippen LogP contribution in [0.3, 0.4) is 0 Å². The lowest BCUT2D eigenvalue weighted by molar-refractivity contribution is -0.120. The number of hydrogen-bond donors (Lipinski definition) is 1. The Balaban J connectivity index is 2.07. The minimum atomic E-state index is -0.265. The number of rotatable bonds is 2. The summed E-state index contributed by atoms with van der Waals surface area (Å²) in [6.45, 7) is 6.04. The van der Waals surface area contributed by atoms with Crippen LogP contribution in [0, 0.1) is 12.3 Å². The molecule has 2 rings (SSSR count). The fourth-order valence-electron chi connectivity index (χ4n) is 2.51. The molecule has 0 unspecified atom stereocenters. The molecular formula is C16H19BrN2O2. The standard InChI is InChI=1S/C16H19BrN2O2/c1-10-4-5-11(6-14(10)17)15(21)19-18-12-7-13(20)9-16(2,3)8-12/h4-6H,7-9H2,1-3H3,(H,19,21)/b18-12+. The highest BCUT2D eigenvalue weighted by Crippen LogP contribution is 2.31. The van der Waals surface area contributed by atoms with E-state index in [9.17, 15) is 9.59 Å². The van der Waals surface area contributed by atoms with E-state index in [-0.39, 0.29) is 17.1 Å². The number of benzene rings is 1. The molecule has 1 amide bonds. The van der Waals surface area contributed by atoms with Gasteiger partial charge in [-0.1, -0.05) is 35.8 Å². The van der Waals surface area contributed by atoms with Gasteiger partial charge in [0.05, 0.1) is 0 Å². The van der Waals surface area contributed by atoms with Crippen LogP contribution in [0.25, 0.3) is 0 Å². The van der Waals surface area contributed by atoms with Crippen LogP contribution in [0.1, 0.15) is 49.0 Å². The van der Waals surface area contributed by atoms with Gasteiger partial charge in [-0.05, 0) is 36.5 Å². The number of nitrogens with zero attached hydrogens (tertiary/aromatic N) is 1. The number of carbonyl (C=O) groups excluding carboxylic acids is 2. The number of nitrogens with one attached hydrogen (secondary N) is 1. The lowest BCUT2D eigenvalue weighted by Crippen LogP contribution is -2.31. The third kappa shape index (κ3) is 4.24. The zero-order chi connectivity index (χ0) is 15.6. The van der Waals surface area contributed by atoms with Gasteiger partial charge in [0.2, 0.25) is 0 Å². The first-order valence-corrected chi connectivity index (χ1v) is 7.70. The normalized spacial score (nSPS) is 19.6. The van der Waals surface area contributed by atoms with Crippen molar-refractivity contribution in [2.24, 2.45) is 10.5 Å². The van der Waals surface area contributed by atoms with Crippen LogP contribution in [-0.4, -0.2) is 17.4 Å². The van der Waals surface area contributed by atoms with Crippen LogP contribution in [0.5, 0.6) is 0 Å². The Morgan fingerprint density at radius 2 is 2.05 bits per heavy atom. The highest BCUT2D eigenvalue weighted by molar-refractivity contribution is 9.10. The van der Waals surface area contributed by atoms with Crippen molar-refractivity contribution in [1.82, 2.24) is 5.43 Å². The van der Waals surface area contributed by atoms with Gasteiger partial charge in [-0.2, -0.15) is 5.10 Å². The quantitative estimate of drug-likeness (QED) is 0.828. The summed E-state index contributed by atoms with van der Waals surface area (Å²) in [5, 5.41) is 4.14. The minimum absolute atomic E-state index is 0.0776. The predicted octanol–water partition coefficient (Wildman–Crippen LogP) is 3.62. The van der Waals surface area contributed by atoms with Gasteiger partial charge in [0.1, 0.15) is 5.78 Å². The van der Waals surface area contributed by atoms with E-state index in [0.29, 0.717) is 18.4 Å². The summed E-state index contributed by atoms with van der Waals surface area (Å²) >= 11 is 3.40. The first-order valence-electron chi connectivity index (χ1n) is 6.90. The smallest absolute Gasteiger partial charge is 0.271 e. The molecule has 0 bridgehead atoms.